The first-order valence-electron chi connectivity index (χ1n) is 7.06. The second-order valence-corrected chi connectivity index (χ2v) is 5.32. The molecule has 2 aromatic rings. The van der Waals surface area contributed by atoms with Crippen LogP contribution in [0, 0.1) is 6.92 Å². The van der Waals surface area contributed by atoms with E-state index in [-0.39, 0.29) is 6.04 Å². The summed E-state index contributed by atoms with van der Waals surface area (Å²) in [6, 6.07) is 17.7. The lowest BCUT2D eigenvalue weighted by atomic mass is 9.98. The Bertz CT molecular complexity index is 496. The maximum Gasteiger partial charge on any atom is 0.0120 e. The highest BCUT2D eigenvalue weighted by molar-refractivity contribution is 5.25. The molecule has 0 aromatic heterocycles. The molecule has 2 rings (SSSR count). The highest BCUT2D eigenvalue weighted by Gasteiger charge is 2.05. The Kier molecular flexibility index (Phi) is 4.75. The Labute approximate surface area is 116 Å². The van der Waals surface area contributed by atoms with Crippen LogP contribution in [0.15, 0.2) is 48.5 Å². The summed E-state index contributed by atoms with van der Waals surface area (Å²) in [5.41, 5.74) is 11.6. The van der Waals surface area contributed by atoms with Gasteiger partial charge < -0.3 is 5.73 Å². The molecule has 2 N–H and O–H groups in total. The van der Waals surface area contributed by atoms with E-state index in [1.807, 2.05) is 0 Å². The van der Waals surface area contributed by atoms with Crippen molar-refractivity contribution in [1.82, 2.24) is 0 Å². The maximum absolute atomic E-state index is 6.25. The highest BCUT2D eigenvalue weighted by Crippen LogP contribution is 2.10. The van der Waals surface area contributed by atoms with E-state index in [2.05, 4.69) is 62.4 Å². The lowest BCUT2D eigenvalue weighted by Crippen LogP contribution is -2.25. The van der Waals surface area contributed by atoms with Gasteiger partial charge >= 0.3 is 0 Å². The molecule has 0 bridgehead atoms. The molecule has 0 aliphatic carbocycles. The number of nitrogens with two attached hydrogens (primary N) is 1. The van der Waals surface area contributed by atoms with E-state index < -0.39 is 0 Å². The molecule has 0 aliphatic rings. The predicted octanol–water partition coefficient (Wildman–Crippen LogP) is 3.67. The summed E-state index contributed by atoms with van der Waals surface area (Å²) in [4.78, 5) is 0. The second-order valence-electron chi connectivity index (χ2n) is 5.32. The van der Waals surface area contributed by atoms with E-state index in [1.165, 1.54) is 22.3 Å². The number of rotatable bonds is 5. The van der Waals surface area contributed by atoms with Gasteiger partial charge in [-0.05, 0) is 42.9 Å². The SMILES string of the molecule is CCc1ccc(CC(N)Cc2ccc(C)cc2)cc1. The van der Waals surface area contributed by atoms with Crippen molar-refractivity contribution < 1.29 is 0 Å². The van der Waals surface area contributed by atoms with Crippen LogP contribution in [0.5, 0.6) is 0 Å². The number of benzene rings is 2. The minimum absolute atomic E-state index is 0.190. The molecule has 0 heterocycles. The third-order valence-corrected chi connectivity index (χ3v) is 3.55. The van der Waals surface area contributed by atoms with Gasteiger partial charge in [0.2, 0.25) is 0 Å². The molecular formula is C18H23N. The molecule has 100 valence electrons. The number of hydrogen-bond donors (Lipinski definition) is 1. The first-order chi connectivity index (χ1) is 9.17. The van der Waals surface area contributed by atoms with Gasteiger partial charge in [-0.1, -0.05) is 61.0 Å². The van der Waals surface area contributed by atoms with Gasteiger partial charge in [0.25, 0.3) is 0 Å². The zero-order chi connectivity index (χ0) is 13.7. The average Bonchev–Trinajstić information content (AvgIpc) is 2.42. The van der Waals surface area contributed by atoms with Crippen molar-refractivity contribution >= 4 is 0 Å². The lowest BCUT2D eigenvalue weighted by molar-refractivity contribution is 0.664. The summed E-state index contributed by atoms with van der Waals surface area (Å²) < 4.78 is 0. The zero-order valence-corrected chi connectivity index (χ0v) is 11.9. The van der Waals surface area contributed by atoms with E-state index in [0.29, 0.717) is 0 Å². The van der Waals surface area contributed by atoms with E-state index in [0.717, 1.165) is 19.3 Å². The molecule has 0 fully saturated rings. The predicted molar refractivity (Wildman–Crippen MR) is 82.4 cm³/mol. The van der Waals surface area contributed by atoms with E-state index in [4.69, 9.17) is 5.73 Å². The van der Waals surface area contributed by atoms with Gasteiger partial charge in [-0.25, -0.2) is 0 Å². The van der Waals surface area contributed by atoms with Crippen molar-refractivity contribution in [2.75, 3.05) is 0 Å². The zero-order valence-electron chi connectivity index (χ0n) is 11.9. The van der Waals surface area contributed by atoms with Crippen LogP contribution in [0.3, 0.4) is 0 Å². The minimum Gasteiger partial charge on any atom is -0.327 e. The van der Waals surface area contributed by atoms with Crippen LogP contribution < -0.4 is 5.73 Å². The van der Waals surface area contributed by atoms with Crippen LogP contribution in [0.25, 0.3) is 0 Å². The van der Waals surface area contributed by atoms with Gasteiger partial charge in [0.1, 0.15) is 0 Å². The minimum atomic E-state index is 0.190. The van der Waals surface area contributed by atoms with Crippen LogP contribution in [0.2, 0.25) is 0 Å². The molecule has 0 aliphatic heterocycles. The van der Waals surface area contributed by atoms with Crippen molar-refractivity contribution in [3.63, 3.8) is 0 Å². The first-order valence-corrected chi connectivity index (χ1v) is 7.06. The Morgan fingerprint density at radius 2 is 1.21 bits per heavy atom. The Hall–Kier alpha value is -1.60. The molecule has 0 spiro atoms. The molecule has 2 aromatic carbocycles. The van der Waals surface area contributed by atoms with Crippen molar-refractivity contribution in [3.05, 3.63) is 70.8 Å². The standard InChI is InChI=1S/C18H23N/c1-3-15-8-10-17(11-9-15)13-18(19)12-16-6-4-14(2)5-7-16/h4-11,18H,3,12-13,19H2,1-2H3. The quantitative estimate of drug-likeness (QED) is 0.864. The monoisotopic (exact) mass is 253 g/mol. The van der Waals surface area contributed by atoms with Crippen molar-refractivity contribution in [1.29, 1.82) is 0 Å². The molecule has 19 heavy (non-hydrogen) atoms. The average molecular weight is 253 g/mol. The van der Waals surface area contributed by atoms with Crippen molar-refractivity contribution in [3.8, 4) is 0 Å². The third-order valence-electron chi connectivity index (χ3n) is 3.55. The van der Waals surface area contributed by atoms with Crippen LogP contribution in [0.4, 0.5) is 0 Å². The van der Waals surface area contributed by atoms with Crippen LogP contribution >= 0.6 is 0 Å². The normalized spacial score (nSPS) is 12.4. The smallest absolute Gasteiger partial charge is 0.0120 e. The van der Waals surface area contributed by atoms with Gasteiger partial charge in [0.05, 0.1) is 0 Å². The van der Waals surface area contributed by atoms with Crippen LogP contribution in [-0.2, 0) is 19.3 Å². The van der Waals surface area contributed by atoms with Crippen LogP contribution in [-0.4, -0.2) is 6.04 Å². The van der Waals surface area contributed by atoms with Crippen LogP contribution in [0.1, 0.15) is 29.2 Å². The molecule has 1 heteroatoms. The Balaban J connectivity index is 1.92. The first kappa shape index (κ1) is 13.8. The molecule has 1 atom stereocenters. The fourth-order valence-corrected chi connectivity index (χ4v) is 2.31. The van der Waals surface area contributed by atoms with Crippen molar-refractivity contribution in [2.24, 2.45) is 5.73 Å². The topological polar surface area (TPSA) is 26.0 Å². The number of hydrogen-bond acceptors (Lipinski definition) is 1. The summed E-state index contributed by atoms with van der Waals surface area (Å²) in [6.07, 6.45) is 2.98. The van der Waals surface area contributed by atoms with E-state index >= 15 is 0 Å². The molecule has 0 saturated carbocycles. The lowest BCUT2D eigenvalue weighted by Gasteiger charge is -2.12. The van der Waals surface area contributed by atoms with Gasteiger partial charge in [0.15, 0.2) is 0 Å². The summed E-state index contributed by atoms with van der Waals surface area (Å²) in [7, 11) is 0. The molecular weight excluding hydrogens is 230 g/mol. The molecule has 1 unspecified atom stereocenters. The maximum atomic E-state index is 6.25. The molecule has 0 amide bonds. The molecule has 0 saturated heterocycles. The fourth-order valence-electron chi connectivity index (χ4n) is 2.31. The molecule has 0 radical (unpaired) electrons. The van der Waals surface area contributed by atoms with Crippen molar-refractivity contribution in [2.45, 2.75) is 39.2 Å². The Morgan fingerprint density at radius 1 is 0.789 bits per heavy atom. The van der Waals surface area contributed by atoms with E-state index in [1.54, 1.807) is 0 Å². The number of aryl methyl sites for hydroxylation is 2. The van der Waals surface area contributed by atoms with Gasteiger partial charge in [-0.15, -0.1) is 0 Å². The van der Waals surface area contributed by atoms with Gasteiger partial charge in [-0.2, -0.15) is 0 Å². The van der Waals surface area contributed by atoms with E-state index in [9.17, 15) is 0 Å². The largest absolute Gasteiger partial charge is 0.327 e. The fraction of sp³-hybridized carbons (Fsp3) is 0.333. The van der Waals surface area contributed by atoms with Gasteiger partial charge in [0, 0.05) is 6.04 Å². The van der Waals surface area contributed by atoms with Gasteiger partial charge in [-0.3, -0.25) is 0 Å². The summed E-state index contributed by atoms with van der Waals surface area (Å²) in [5.74, 6) is 0. The Morgan fingerprint density at radius 3 is 1.68 bits per heavy atom. The summed E-state index contributed by atoms with van der Waals surface area (Å²) >= 11 is 0. The third kappa shape index (κ3) is 4.22. The summed E-state index contributed by atoms with van der Waals surface area (Å²) in [5, 5.41) is 0. The highest BCUT2D eigenvalue weighted by atomic mass is 14.6. The summed E-state index contributed by atoms with van der Waals surface area (Å²) in [6.45, 7) is 4.29. The second kappa shape index (κ2) is 6.53. The molecule has 1 nitrogen and oxygen atoms in total.